The second-order valence-electron chi connectivity index (χ2n) is 4.79. The van der Waals surface area contributed by atoms with Crippen LogP contribution in [0.15, 0.2) is 22.7 Å². The highest BCUT2D eigenvalue weighted by Crippen LogP contribution is 2.27. The van der Waals surface area contributed by atoms with E-state index in [2.05, 4.69) is 58.2 Å². The van der Waals surface area contributed by atoms with Gasteiger partial charge in [-0.2, -0.15) is 0 Å². The number of hydrogen-bond donors (Lipinski definition) is 1. The van der Waals surface area contributed by atoms with E-state index in [0.29, 0.717) is 6.04 Å². The van der Waals surface area contributed by atoms with E-state index in [-0.39, 0.29) is 0 Å². The molecule has 1 aromatic rings. The van der Waals surface area contributed by atoms with E-state index in [1.165, 1.54) is 48.2 Å². The summed E-state index contributed by atoms with van der Waals surface area (Å²) >= 11 is 3.66. The smallest absolute Gasteiger partial charge is 0.0489 e. The molecular weight excluding hydrogens is 276 g/mol. The normalized spacial score (nSPS) is 18.3. The number of hydrogen-bond acceptors (Lipinski definition) is 2. The van der Waals surface area contributed by atoms with Crippen molar-refractivity contribution in [1.82, 2.24) is 4.90 Å². The molecule has 0 atom stereocenters. The largest absolute Gasteiger partial charge is 0.381 e. The van der Waals surface area contributed by atoms with Gasteiger partial charge >= 0.3 is 0 Å². The van der Waals surface area contributed by atoms with Crippen LogP contribution in [-0.2, 0) is 0 Å². The SMILES string of the molecule is CCN1CCC(Nc2cccc(C)c2Br)CC1. The number of piperidine rings is 1. The summed E-state index contributed by atoms with van der Waals surface area (Å²) in [5, 5.41) is 3.66. The first-order chi connectivity index (χ1) is 8.20. The maximum atomic E-state index is 3.66. The van der Waals surface area contributed by atoms with Crippen LogP contribution in [0.25, 0.3) is 0 Å². The second kappa shape index (κ2) is 5.87. The molecule has 2 rings (SSSR count). The van der Waals surface area contributed by atoms with Gasteiger partial charge in [0, 0.05) is 29.3 Å². The van der Waals surface area contributed by atoms with Crippen LogP contribution in [0.2, 0.25) is 0 Å². The third-order valence-electron chi connectivity index (χ3n) is 3.59. The maximum absolute atomic E-state index is 3.66. The lowest BCUT2D eigenvalue weighted by molar-refractivity contribution is 0.229. The van der Waals surface area contributed by atoms with Crippen molar-refractivity contribution in [3.63, 3.8) is 0 Å². The summed E-state index contributed by atoms with van der Waals surface area (Å²) in [6.07, 6.45) is 2.49. The van der Waals surface area contributed by atoms with E-state index in [4.69, 9.17) is 0 Å². The van der Waals surface area contributed by atoms with E-state index in [9.17, 15) is 0 Å². The zero-order valence-electron chi connectivity index (χ0n) is 10.7. The first-order valence-corrected chi connectivity index (χ1v) is 7.24. The number of nitrogens with zero attached hydrogens (tertiary/aromatic N) is 1. The Hall–Kier alpha value is -0.540. The average Bonchev–Trinajstić information content (AvgIpc) is 2.36. The first kappa shape index (κ1) is 12.9. The number of benzene rings is 1. The lowest BCUT2D eigenvalue weighted by Gasteiger charge is -2.32. The monoisotopic (exact) mass is 296 g/mol. The molecule has 0 amide bonds. The van der Waals surface area contributed by atoms with Crippen molar-refractivity contribution in [2.24, 2.45) is 0 Å². The van der Waals surface area contributed by atoms with Crippen molar-refractivity contribution in [1.29, 1.82) is 0 Å². The van der Waals surface area contributed by atoms with E-state index < -0.39 is 0 Å². The number of rotatable bonds is 3. The van der Waals surface area contributed by atoms with Gasteiger partial charge in [-0.05, 0) is 53.9 Å². The first-order valence-electron chi connectivity index (χ1n) is 6.44. The Morgan fingerprint density at radius 3 is 2.71 bits per heavy atom. The minimum Gasteiger partial charge on any atom is -0.381 e. The summed E-state index contributed by atoms with van der Waals surface area (Å²) in [6, 6.07) is 7.03. The van der Waals surface area contributed by atoms with Crippen LogP contribution in [0.1, 0.15) is 25.3 Å². The van der Waals surface area contributed by atoms with Gasteiger partial charge in [0.25, 0.3) is 0 Å². The second-order valence-corrected chi connectivity index (χ2v) is 5.58. The quantitative estimate of drug-likeness (QED) is 0.916. The molecule has 0 bridgehead atoms. The van der Waals surface area contributed by atoms with Crippen molar-refractivity contribution in [3.05, 3.63) is 28.2 Å². The van der Waals surface area contributed by atoms with Crippen molar-refractivity contribution >= 4 is 21.6 Å². The third-order valence-corrected chi connectivity index (χ3v) is 4.64. The van der Waals surface area contributed by atoms with Crippen LogP contribution in [0, 0.1) is 6.92 Å². The predicted octanol–water partition coefficient (Wildman–Crippen LogP) is 3.65. The molecule has 0 aliphatic carbocycles. The minimum atomic E-state index is 0.621. The van der Waals surface area contributed by atoms with E-state index >= 15 is 0 Å². The Bertz CT molecular complexity index is 370. The zero-order chi connectivity index (χ0) is 12.3. The molecule has 1 aromatic carbocycles. The van der Waals surface area contributed by atoms with Gasteiger partial charge < -0.3 is 10.2 Å². The molecule has 1 aliphatic rings. The molecule has 3 heteroatoms. The molecule has 1 fully saturated rings. The molecule has 0 radical (unpaired) electrons. The minimum absolute atomic E-state index is 0.621. The number of aryl methyl sites for hydroxylation is 1. The summed E-state index contributed by atoms with van der Waals surface area (Å²) in [5.41, 5.74) is 2.53. The standard InChI is InChI=1S/C14H21BrN2/c1-3-17-9-7-12(8-10-17)16-13-6-4-5-11(2)14(13)15/h4-6,12,16H,3,7-10H2,1-2H3. The lowest BCUT2D eigenvalue weighted by Crippen LogP contribution is -2.38. The number of nitrogens with one attached hydrogen (secondary N) is 1. The van der Waals surface area contributed by atoms with E-state index in [0.717, 1.165) is 0 Å². The fourth-order valence-corrected chi connectivity index (χ4v) is 2.75. The molecule has 1 heterocycles. The Morgan fingerprint density at radius 2 is 2.06 bits per heavy atom. The van der Waals surface area contributed by atoms with Crippen LogP contribution in [0.3, 0.4) is 0 Å². The Labute approximate surface area is 113 Å². The van der Waals surface area contributed by atoms with Crippen molar-refractivity contribution < 1.29 is 0 Å². The molecule has 1 saturated heterocycles. The number of anilines is 1. The predicted molar refractivity (Wildman–Crippen MR) is 77.6 cm³/mol. The van der Waals surface area contributed by atoms with Gasteiger partial charge in [-0.1, -0.05) is 19.1 Å². The van der Waals surface area contributed by atoms with E-state index in [1.807, 2.05) is 0 Å². The molecule has 2 nitrogen and oxygen atoms in total. The summed E-state index contributed by atoms with van der Waals surface area (Å²) < 4.78 is 1.21. The fraction of sp³-hybridized carbons (Fsp3) is 0.571. The molecule has 94 valence electrons. The number of halogens is 1. The van der Waals surface area contributed by atoms with Crippen LogP contribution >= 0.6 is 15.9 Å². The fourth-order valence-electron chi connectivity index (χ4n) is 2.37. The van der Waals surface area contributed by atoms with Gasteiger partial charge in [-0.3, -0.25) is 0 Å². The van der Waals surface area contributed by atoms with Crippen molar-refractivity contribution in [2.75, 3.05) is 25.0 Å². The molecule has 17 heavy (non-hydrogen) atoms. The summed E-state index contributed by atoms with van der Waals surface area (Å²) in [4.78, 5) is 2.52. The van der Waals surface area contributed by atoms with Gasteiger partial charge in [0.1, 0.15) is 0 Å². The van der Waals surface area contributed by atoms with Gasteiger partial charge in [0.05, 0.1) is 0 Å². The average molecular weight is 297 g/mol. The van der Waals surface area contributed by atoms with Gasteiger partial charge in [0.2, 0.25) is 0 Å². The molecule has 1 aliphatic heterocycles. The molecule has 0 aromatic heterocycles. The highest BCUT2D eigenvalue weighted by atomic mass is 79.9. The Kier molecular flexibility index (Phi) is 4.46. The van der Waals surface area contributed by atoms with E-state index in [1.54, 1.807) is 0 Å². The highest BCUT2D eigenvalue weighted by molar-refractivity contribution is 9.10. The van der Waals surface area contributed by atoms with Crippen LogP contribution in [0.4, 0.5) is 5.69 Å². The molecule has 0 saturated carbocycles. The highest BCUT2D eigenvalue weighted by Gasteiger charge is 2.18. The molecule has 0 unspecified atom stereocenters. The zero-order valence-corrected chi connectivity index (χ0v) is 12.3. The maximum Gasteiger partial charge on any atom is 0.0489 e. The van der Waals surface area contributed by atoms with Gasteiger partial charge in [-0.15, -0.1) is 0 Å². The van der Waals surface area contributed by atoms with Crippen molar-refractivity contribution in [3.8, 4) is 0 Å². The van der Waals surface area contributed by atoms with Crippen LogP contribution in [-0.4, -0.2) is 30.6 Å². The van der Waals surface area contributed by atoms with Gasteiger partial charge in [-0.25, -0.2) is 0 Å². The molecular formula is C14H21BrN2. The van der Waals surface area contributed by atoms with Crippen LogP contribution < -0.4 is 5.32 Å². The summed E-state index contributed by atoms with van der Waals surface area (Å²) in [7, 11) is 0. The molecule has 0 spiro atoms. The lowest BCUT2D eigenvalue weighted by atomic mass is 10.0. The summed E-state index contributed by atoms with van der Waals surface area (Å²) in [6.45, 7) is 8.00. The van der Waals surface area contributed by atoms with Crippen LogP contribution in [0.5, 0.6) is 0 Å². The Morgan fingerprint density at radius 1 is 1.35 bits per heavy atom. The van der Waals surface area contributed by atoms with Gasteiger partial charge in [0.15, 0.2) is 0 Å². The topological polar surface area (TPSA) is 15.3 Å². The molecule has 1 N–H and O–H groups in total. The number of likely N-dealkylation sites (tertiary alicyclic amines) is 1. The Balaban J connectivity index is 1.95. The summed E-state index contributed by atoms with van der Waals surface area (Å²) in [5.74, 6) is 0. The van der Waals surface area contributed by atoms with Crippen molar-refractivity contribution in [2.45, 2.75) is 32.7 Å². The third kappa shape index (κ3) is 3.23.